The van der Waals surface area contributed by atoms with Crippen molar-refractivity contribution in [3.8, 4) is 5.75 Å². The summed E-state index contributed by atoms with van der Waals surface area (Å²) >= 11 is 5.96. The molecule has 31 heavy (non-hydrogen) atoms. The monoisotopic (exact) mass is 465 g/mol. The number of halogens is 1. The van der Waals surface area contributed by atoms with Crippen molar-refractivity contribution in [2.45, 2.75) is 19.4 Å². The number of carbonyl (C=O) groups is 1. The predicted molar refractivity (Wildman–Crippen MR) is 125 cm³/mol. The number of piperazine rings is 1. The second kappa shape index (κ2) is 9.78. The second-order valence-corrected chi connectivity index (χ2v) is 9.74. The van der Waals surface area contributed by atoms with Gasteiger partial charge in [-0.05, 0) is 42.8 Å². The number of ether oxygens (including phenoxy) is 1. The smallest absolute Gasteiger partial charge is 0.246 e. The fourth-order valence-corrected chi connectivity index (χ4v) is 5.23. The molecule has 9 heteroatoms. The lowest BCUT2D eigenvalue weighted by Gasteiger charge is -2.39. The molecule has 2 aromatic rings. The molecule has 0 bridgehead atoms. The highest BCUT2D eigenvalue weighted by Gasteiger charge is 2.35. The number of nitrogens with zero attached hydrogens (tertiary/aromatic N) is 3. The summed E-state index contributed by atoms with van der Waals surface area (Å²) in [4.78, 5) is 17.3. The molecular weight excluding hydrogens is 438 g/mol. The number of amides is 1. The van der Waals surface area contributed by atoms with Crippen molar-refractivity contribution < 1.29 is 17.9 Å². The fourth-order valence-electron chi connectivity index (χ4n) is 3.90. The summed E-state index contributed by atoms with van der Waals surface area (Å²) in [7, 11) is -2.03. The molecule has 0 spiro atoms. The molecule has 3 rings (SSSR count). The van der Waals surface area contributed by atoms with Crippen LogP contribution in [0.4, 0.5) is 11.4 Å². The van der Waals surface area contributed by atoms with Crippen molar-refractivity contribution in [2.75, 3.05) is 48.7 Å². The van der Waals surface area contributed by atoms with Crippen molar-refractivity contribution >= 4 is 38.9 Å². The third-order valence-electron chi connectivity index (χ3n) is 5.41. The van der Waals surface area contributed by atoms with Gasteiger partial charge in [0.15, 0.2) is 0 Å². The first-order valence-electron chi connectivity index (χ1n) is 10.2. The average Bonchev–Trinajstić information content (AvgIpc) is 2.77. The lowest BCUT2D eigenvalue weighted by molar-refractivity contribution is -0.132. The van der Waals surface area contributed by atoms with Gasteiger partial charge in [0, 0.05) is 31.2 Å². The predicted octanol–water partition coefficient (Wildman–Crippen LogP) is 3.24. The van der Waals surface area contributed by atoms with Crippen LogP contribution < -0.4 is 13.9 Å². The largest absolute Gasteiger partial charge is 0.495 e. The maximum atomic E-state index is 13.4. The summed E-state index contributed by atoms with van der Waals surface area (Å²) in [5.41, 5.74) is 1.42. The Labute approximate surface area is 189 Å². The third kappa shape index (κ3) is 5.25. The summed E-state index contributed by atoms with van der Waals surface area (Å²) in [5, 5.41) is 0.504. The van der Waals surface area contributed by atoms with Gasteiger partial charge in [-0.3, -0.25) is 9.10 Å². The Morgan fingerprint density at radius 3 is 2.26 bits per heavy atom. The molecule has 0 saturated carbocycles. The number of sulfonamides is 1. The maximum Gasteiger partial charge on any atom is 0.246 e. The normalized spacial score (nSPS) is 15.5. The van der Waals surface area contributed by atoms with Crippen molar-refractivity contribution in [3.63, 3.8) is 0 Å². The Bertz CT molecular complexity index is 1010. The molecule has 1 aliphatic rings. The van der Waals surface area contributed by atoms with E-state index in [1.165, 1.54) is 4.31 Å². The molecule has 1 heterocycles. The number of para-hydroxylation sites is 2. The topological polar surface area (TPSA) is 70.2 Å². The Kier molecular flexibility index (Phi) is 7.33. The Morgan fingerprint density at radius 1 is 1.10 bits per heavy atom. The van der Waals surface area contributed by atoms with E-state index in [2.05, 4.69) is 4.90 Å². The van der Waals surface area contributed by atoms with Gasteiger partial charge in [-0.25, -0.2) is 8.42 Å². The van der Waals surface area contributed by atoms with E-state index >= 15 is 0 Å². The van der Waals surface area contributed by atoms with Crippen molar-refractivity contribution in [3.05, 3.63) is 53.6 Å². The van der Waals surface area contributed by atoms with E-state index in [1.54, 1.807) is 36.3 Å². The van der Waals surface area contributed by atoms with E-state index in [-0.39, 0.29) is 5.91 Å². The standard InChI is InChI=1S/C22H28ClN3O4S/c1-4-19(26(31(3,28)29)18-11-9-17(23)10-12-18)22(27)25-15-13-24(14-16-25)20-7-5-6-8-21(20)30-2/h5-12,19H,4,13-16H2,1-3H3. The van der Waals surface area contributed by atoms with Crippen LogP contribution in [0.3, 0.4) is 0 Å². The molecule has 0 aliphatic carbocycles. The molecule has 0 radical (unpaired) electrons. The van der Waals surface area contributed by atoms with Gasteiger partial charge in [0.25, 0.3) is 0 Å². The highest BCUT2D eigenvalue weighted by molar-refractivity contribution is 7.92. The highest BCUT2D eigenvalue weighted by atomic mass is 35.5. The zero-order valence-corrected chi connectivity index (χ0v) is 19.6. The zero-order valence-electron chi connectivity index (χ0n) is 18.0. The lowest BCUT2D eigenvalue weighted by atomic mass is 10.1. The number of rotatable bonds is 7. The van der Waals surface area contributed by atoms with Crippen LogP contribution in [-0.2, 0) is 14.8 Å². The van der Waals surface area contributed by atoms with Crippen LogP contribution in [0.5, 0.6) is 5.75 Å². The van der Waals surface area contributed by atoms with Crippen molar-refractivity contribution in [1.82, 2.24) is 4.90 Å². The van der Waals surface area contributed by atoms with Crippen LogP contribution in [0.2, 0.25) is 5.02 Å². The minimum absolute atomic E-state index is 0.192. The number of hydrogen-bond acceptors (Lipinski definition) is 5. The van der Waals surface area contributed by atoms with E-state index in [9.17, 15) is 13.2 Å². The minimum atomic E-state index is -3.67. The minimum Gasteiger partial charge on any atom is -0.495 e. The number of methoxy groups -OCH3 is 1. The Morgan fingerprint density at radius 2 is 1.71 bits per heavy atom. The Balaban J connectivity index is 1.78. The van der Waals surface area contributed by atoms with Gasteiger partial charge < -0.3 is 14.5 Å². The van der Waals surface area contributed by atoms with Crippen LogP contribution in [0.15, 0.2) is 48.5 Å². The van der Waals surface area contributed by atoms with Crippen molar-refractivity contribution in [1.29, 1.82) is 0 Å². The maximum absolute atomic E-state index is 13.4. The fraction of sp³-hybridized carbons (Fsp3) is 0.409. The first-order chi connectivity index (χ1) is 14.8. The zero-order chi connectivity index (χ0) is 22.6. The van der Waals surface area contributed by atoms with Crippen molar-refractivity contribution in [2.24, 2.45) is 0 Å². The third-order valence-corrected chi connectivity index (χ3v) is 6.84. The van der Waals surface area contributed by atoms with Gasteiger partial charge >= 0.3 is 0 Å². The quantitative estimate of drug-likeness (QED) is 0.627. The summed E-state index contributed by atoms with van der Waals surface area (Å²) in [6.07, 6.45) is 1.48. The molecule has 1 amide bonds. The molecule has 0 aromatic heterocycles. The number of anilines is 2. The number of benzene rings is 2. The van der Waals surface area contributed by atoms with Crippen LogP contribution in [-0.4, -0.2) is 64.8 Å². The molecule has 1 fully saturated rings. The first kappa shape index (κ1) is 23.2. The van der Waals surface area contributed by atoms with Gasteiger partial charge in [-0.15, -0.1) is 0 Å². The molecule has 1 unspecified atom stereocenters. The van der Waals surface area contributed by atoms with Crippen LogP contribution >= 0.6 is 11.6 Å². The van der Waals surface area contributed by atoms with Gasteiger partial charge in [-0.2, -0.15) is 0 Å². The van der Waals surface area contributed by atoms with Crippen LogP contribution in [0.1, 0.15) is 13.3 Å². The van der Waals surface area contributed by atoms with E-state index in [0.717, 1.165) is 17.7 Å². The summed E-state index contributed by atoms with van der Waals surface area (Å²) in [6, 6.07) is 13.5. The molecule has 0 N–H and O–H groups in total. The molecule has 1 atom stereocenters. The summed E-state index contributed by atoms with van der Waals surface area (Å²) < 4.78 is 31.9. The van der Waals surface area contributed by atoms with Gasteiger partial charge in [0.1, 0.15) is 11.8 Å². The molecule has 7 nitrogen and oxygen atoms in total. The molecule has 1 saturated heterocycles. The first-order valence-corrected chi connectivity index (χ1v) is 12.4. The van der Waals surface area contributed by atoms with Gasteiger partial charge in [0.2, 0.25) is 15.9 Å². The van der Waals surface area contributed by atoms with Gasteiger partial charge in [-0.1, -0.05) is 30.7 Å². The number of carbonyl (C=O) groups excluding carboxylic acids is 1. The van der Waals surface area contributed by atoms with Crippen LogP contribution in [0.25, 0.3) is 0 Å². The molecule has 2 aromatic carbocycles. The molecule has 168 valence electrons. The average molecular weight is 466 g/mol. The SMILES string of the molecule is CCC(C(=O)N1CCN(c2ccccc2OC)CC1)N(c1ccc(Cl)cc1)S(C)(=O)=O. The van der Waals surface area contributed by atoms with E-state index in [1.807, 2.05) is 31.2 Å². The van der Waals surface area contributed by atoms with Gasteiger partial charge in [0.05, 0.1) is 24.7 Å². The van der Waals surface area contributed by atoms with E-state index in [4.69, 9.17) is 16.3 Å². The highest BCUT2D eigenvalue weighted by Crippen LogP contribution is 2.29. The summed E-state index contributed by atoms with van der Waals surface area (Å²) in [6.45, 7) is 4.11. The van der Waals surface area contributed by atoms with E-state index < -0.39 is 16.1 Å². The molecular formula is C22H28ClN3O4S. The number of hydrogen-bond donors (Lipinski definition) is 0. The lowest BCUT2D eigenvalue weighted by Crippen LogP contribution is -2.56. The second-order valence-electron chi connectivity index (χ2n) is 7.44. The Hall–Kier alpha value is -2.45. The van der Waals surface area contributed by atoms with E-state index in [0.29, 0.717) is 43.3 Å². The summed E-state index contributed by atoms with van der Waals surface area (Å²) in [5.74, 6) is 0.599. The molecule has 1 aliphatic heterocycles. The van der Waals surface area contributed by atoms with Crippen LogP contribution in [0, 0.1) is 0 Å².